The van der Waals surface area contributed by atoms with E-state index < -0.39 is 36.4 Å². The molecule has 3 amide bonds. The Hall–Kier alpha value is -3.76. The molecule has 0 unspecified atom stereocenters. The molecule has 1 saturated carbocycles. The Morgan fingerprint density at radius 3 is 2.21 bits per heavy atom. The number of carbonyl (C=O) groups excluding carboxylic acids is 4. The Morgan fingerprint density at radius 2 is 1.52 bits per heavy atom. The van der Waals surface area contributed by atoms with Crippen LogP contribution in [-0.2, 0) is 30.4 Å². The van der Waals surface area contributed by atoms with Gasteiger partial charge in [0.1, 0.15) is 12.1 Å². The molecule has 2 N–H and O–H groups in total. The van der Waals surface area contributed by atoms with E-state index in [0.717, 1.165) is 31.2 Å². The number of rotatable bonds is 13. The molecule has 10 nitrogen and oxygen atoms in total. The summed E-state index contributed by atoms with van der Waals surface area (Å²) in [7, 11) is 0. The predicted octanol–water partition coefficient (Wildman–Crippen LogP) is 3.49. The maximum absolute atomic E-state index is 13.7. The van der Waals surface area contributed by atoms with Crippen LogP contribution in [0.4, 0.5) is 4.79 Å². The van der Waals surface area contributed by atoms with Crippen LogP contribution in [-0.4, -0.2) is 80.2 Å². The molecule has 2 aliphatic rings. The number of hydrogen-bond acceptors (Lipinski definition) is 7. The Labute approximate surface area is 247 Å². The van der Waals surface area contributed by atoms with Crippen LogP contribution in [0.2, 0.25) is 0 Å². The largest absolute Gasteiger partial charge is 0.454 e. The molecular formula is C32H41N3O7. The third kappa shape index (κ3) is 9.95. The average molecular weight is 580 g/mol. The lowest BCUT2D eigenvalue weighted by Gasteiger charge is -2.31. The second-order valence-corrected chi connectivity index (χ2v) is 10.8. The SMILES string of the molecule is O=C(OCC(=O)[C@H](COCc1ccccc1)NC(=O)[C@H](CC1CCCCC1)NC(=O)N1CCOCC1)c1ccccc1. The van der Waals surface area contributed by atoms with Crippen molar-refractivity contribution >= 4 is 23.7 Å². The van der Waals surface area contributed by atoms with Crippen molar-refractivity contribution in [1.29, 1.82) is 0 Å². The molecule has 0 bridgehead atoms. The lowest BCUT2D eigenvalue weighted by atomic mass is 9.84. The normalized spacial score (nSPS) is 17.1. The first-order valence-corrected chi connectivity index (χ1v) is 14.8. The Balaban J connectivity index is 1.42. The molecule has 0 spiro atoms. The van der Waals surface area contributed by atoms with E-state index in [9.17, 15) is 19.2 Å². The second-order valence-electron chi connectivity index (χ2n) is 10.8. The smallest absolute Gasteiger partial charge is 0.338 e. The van der Waals surface area contributed by atoms with Crippen LogP contribution in [0.1, 0.15) is 54.4 Å². The fourth-order valence-electron chi connectivity index (χ4n) is 5.25. The molecule has 0 aromatic heterocycles. The van der Waals surface area contributed by atoms with E-state index in [1.165, 1.54) is 6.42 Å². The number of hydrogen-bond donors (Lipinski definition) is 2. The first-order chi connectivity index (χ1) is 20.5. The number of morpholine rings is 1. The molecule has 1 heterocycles. The number of Topliss-reactive ketones (excluding diaryl/α,β-unsaturated/α-hetero) is 1. The second kappa shape index (κ2) is 16.6. The zero-order chi connectivity index (χ0) is 29.6. The van der Waals surface area contributed by atoms with E-state index in [1.54, 1.807) is 35.2 Å². The van der Waals surface area contributed by atoms with Crippen molar-refractivity contribution in [2.45, 2.75) is 57.2 Å². The third-order valence-corrected chi connectivity index (χ3v) is 7.66. The molecule has 1 aliphatic heterocycles. The number of ether oxygens (including phenoxy) is 3. The van der Waals surface area contributed by atoms with E-state index in [4.69, 9.17) is 14.2 Å². The van der Waals surface area contributed by atoms with Gasteiger partial charge >= 0.3 is 12.0 Å². The molecule has 10 heteroatoms. The summed E-state index contributed by atoms with van der Waals surface area (Å²) in [4.78, 5) is 54.0. The minimum atomic E-state index is -1.07. The van der Waals surface area contributed by atoms with Gasteiger partial charge in [-0.25, -0.2) is 9.59 Å². The Bertz CT molecular complexity index is 1150. The maximum Gasteiger partial charge on any atom is 0.338 e. The van der Waals surface area contributed by atoms with E-state index in [1.807, 2.05) is 30.3 Å². The molecule has 4 rings (SSSR count). The van der Waals surface area contributed by atoms with Crippen LogP contribution < -0.4 is 10.6 Å². The summed E-state index contributed by atoms with van der Waals surface area (Å²) in [5, 5.41) is 5.72. The van der Waals surface area contributed by atoms with Crippen molar-refractivity contribution in [3.8, 4) is 0 Å². The Morgan fingerprint density at radius 1 is 0.857 bits per heavy atom. The lowest BCUT2D eigenvalue weighted by molar-refractivity contribution is -0.132. The van der Waals surface area contributed by atoms with Crippen LogP contribution in [0.5, 0.6) is 0 Å². The number of carbonyl (C=O) groups is 4. The number of benzene rings is 2. The molecule has 42 heavy (non-hydrogen) atoms. The summed E-state index contributed by atoms with van der Waals surface area (Å²) in [6, 6.07) is 15.6. The number of esters is 1. The first kappa shape index (κ1) is 31.2. The molecular weight excluding hydrogens is 538 g/mol. The number of amides is 3. The van der Waals surface area contributed by atoms with Gasteiger partial charge in [0, 0.05) is 13.1 Å². The average Bonchev–Trinajstić information content (AvgIpc) is 3.04. The summed E-state index contributed by atoms with van der Waals surface area (Å²) in [6.45, 7) is 1.39. The van der Waals surface area contributed by atoms with Crippen molar-refractivity contribution in [3.05, 3.63) is 71.8 Å². The van der Waals surface area contributed by atoms with Gasteiger partial charge in [-0.1, -0.05) is 80.6 Å². The number of nitrogens with zero attached hydrogens (tertiary/aromatic N) is 1. The van der Waals surface area contributed by atoms with Gasteiger partial charge in [0.2, 0.25) is 5.91 Å². The number of urea groups is 1. The van der Waals surface area contributed by atoms with E-state index in [0.29, 0.717) is 44.2 Å². The fraction of sp³-hybridized carbons (Fsp3) is 0.500. The van der Waals surface area contributed by atoms with Gasteiger partial charge in [0.15, 0.2) is 12.4 Å². The van der Waals surface area contributed by atoms with Crippen LogP contribution in [0, 0.1) is 5.92 Å². The van der Waals surface area contributed by atoms with Crippen LogP contribution >= 0.6 is 0 Å². The molecule has 1 aliphatic carbocycles. The zero-order valence-corrected chi connectivity index (χ0v) is 24.0. The summed E-state index contributed by atoms with van der Waals surface area (Å²) in [5.74, 6) is -1.29. The highest BCUT2D eigenvalue weighted by Gasteiger charge is 2.31. The zero-order valence-electron chi connectivity index (χ0n) is 24.0. The third-order valence-electron chi connectivity index (χ3n) is 7.66. The summed E-state index contributed by atoms with van der Waals surface area (Å²) >= 11 is 0. The van der Waals surface area contributed by atoms with Crippen LogP contribution in [0.25, 0.3) is 0 Å². The molecule has 2 atom stereocenters. The molecule has 1 saturated heterocycles. The minimum absolute atomic E-state index is 0.115. The van der Waals surface area contributed by atoms with E-state index in [2.05, 4.69) is 10.6 Å². The monoisotopic (exact) mass is 579 g/mol. The standard InChI is InChI=1S/C32H41N3O7/c36-29(23-42-31(38)26-14-8-3-9-15-26)28(22-41-21-25-12-6-2-7-13-25)33-30(37)27(20-24-10-4-1-5-11-24)34-32(39)35-16-18-40-19-17-35/h2-3,6-9,12-15,24,27-28H,1,4-5,10-11,16-23H2,(H,33,37)(H,34,39)/t27-,28-/m0/s1. The van der Waals surface area contributed by atoms with Gasteiger partial charge in [0.05, 0.1) is 32.0 Å². The van der Waals surface area contributed by atoms with Crippen molar-refractivity contribution in [3.63, 3.8) is 0 Å². The number of ketones is 1. The van der Waals surface area contributed by atoms with Crippen LogP contribution in [0.15, 0.2) is 60.7 Å². The first-order valence-electron chi connectivity index (χ1n) is 14.8. The van der Waals surface area contributed by atoms with Gasteiger partial charge in [-0.2, -0.15) is 0 Å². The molecule has 2 aromatic rings. The van der Waals surface area contributed by atoms with Gasteiger partial charge in [-0.3, -0.25) is 9.59 Å². The molecule has 2 aromatic carbocycles. The van der Waals surface area contributed by atoms with Crippen LogP contribution in [0.3, 0.4) is 0 Å². The lowest BCUT2D eigenvalue weighted by Crippen LogP contribution is -2.57. The predicted molar refractivity (Wildman–Crippen MR) is 156 cm³/mol. The number of nitrogens with one attached hydrogen (secondary N) is 2. The fourth-order valence-corrected chi connectivity index (χ4v) is 5.25. The minimum Gasteiger partial charge on any atom is -0.454 e. The Kier molecular flexibility index (Phi) is 12.3. The van der Waals surface area contributed by atoms with Crippen molar-refractivity contribution in [2.24, 2.45) is 5.92 Å². The summed E-state index contributed by atoms with van der Waals surface area (Å²) in [6.07, 6.45) is 5.83. The maximum atomic E-state index is 13.7. The molecule has 0 radical (unpaired) electrons. The van der Waals surface area contributed by atoms with E-state index >= 15 is 0 Å². The quantitative estimate of drug-likeness (QED) is 0.348. The highest BCUT2D eigenvalue weighted by molar-refractivity contribution is 5.95. The summed E-state index contributed by atoms with van der Waals surface area (Å²) in [5.41, 5.74) is 1.24. The van der Waals surface area contributed by atoms with Gasteiger partial charge < -0.3 is 29.7 Å². The topological polar surface area (TPSA) is 123 Å². The summed E-state index contributed by atoms with van der Waals surface area (Å²) < 4.78 is 16.4. The van der Waals surface area contributed by atoms with Crippen molar-refractivity contribution < 1.29 is 33.4 Å². The van der Waals surface area contributed by atoms with Crippen molar-refractivity contribution in [1.82, 2.24) is 15.5 Å². The van der Waals surface area contributed by atoms with Gasteiger partial charge in [-0.15, -0.1) is 0 Å². The van der Waals surface area contributed by atoms with Gasteiger partial charge in [-0.05, 0) is 30.0 Å². The molecule has 2 fully saturated rings. The molecule has 226 valence electrons. The highest BCUT2D eigenvalue weighted by Crippen LogP contribution is 2.27. The van der Waals surface area contributed by atoms with E-state index in [-0.39, 0.29) is 19.2 Å². The van der Waals surface area contributed by atoms with Crippen molar-refractivity contribution in [2.75, 3.05) is 39.5 Å². The highest BCUT2D eigenvalue weighted by atomic mass is 16.5. The van der Waals surface area contributed by atoms with Gasteiger partial charge in [0.25, 0.3) is 0 Å².